The van der Waals surface area contributed by atoms with E-state index in [1.165, 1.54) is 89.9 Å². The van der Waals surface area contributed by atoms with Crippen LogP contribution in [0.5, 0.6) is 0 Å². The maximum absolute atomic E-state index is 13.4. The Morgan fingerprint density at radius 3 is 1.21 bits per heavy atom. The monoisotopic (exact) mass is 1260 g/mol. The molecule has 3 saturated heterocycles. The van der Waals surface area contributed by atoms with Crippen LogP contribution in [0.15, 0.2) is 85.1 Å². The zero-order chi connectivity index (χ0) is 64.7. The number of hydrogen-bond acceptors (Lipinski definition) is 18. The van der Waals surface area contributed by atoms with Crippen LogP contribution in [0.2, 0.25) is 0 Å². The quantitative estimate of drug-likeness (QED) is 0.0200. The van der Waals surface area contributed by atoms with E-state index in [0.29, 0.717) is 6.42 Å². The van der Waals surface area contributed by atoms with Gasteiger partial charge in [-0.25, -0.2) is 0 Å². The first-order chi connectivity index (χ1) is 43.3. The highest BCUT2D eigenvalue weighted by Crippen LogP contribution is 2.33. The molecule has 0 aromatic carbocycles. The van der Waals surface area contributed by atoms with Crippen molar-refractivity contribution in [1.82, 2.24) is 5.32 Å². The molecule has 3 heterocycles. The van der Waals surface area contributed by atoms with Crippen LogP contribution in [0.4, 0.5) is 0 Å². The molecule has 17 atom stereocenters. The summed E-state index contributed by atoms with van der Waals surface area (Å²) in [5.41, 5.74) is 0. The molecule has 3 fully saturated rings. The number of rotatable bonds is 51. The van der Waals surface area contributed by atoms with E-state index in [1.807, 2.05) is 6.08 Å². The third kappa shape index (κ3) is 33.6. The topological polar surface area (TPSA) is 307 Å². The number of carbonyl (C=O) groups is 1. The van der Waals surface area contributed by atoms with Gasteiger partial charge in [0.05, 0.1) is 38.6 Å². The zero-order valence-corrected chi connectivity index (χ0v) is 54.1. The SMILES string of the molecule is CC/C=C\C/C=C\C/C=C\C/C=C\C/C=C\C/C=C\CCCCCCCCC(=O)NC(COC1OC(CO)C(OC2OC(CO)C(OC3OC(CO)C(O)C(O)C3O)C(O)C2O)C(O)C1O)C(O)/C=C/CCCCCCCCCCCCCCCCCCC. The van der Waals surface area contributed by atoms with Crippen molar-refractivity contribution in [2.75, 3.05) is 26.4 Å². The first kappa shape index (κ1) is 80.2. The number of aliphatic hydroxyl groups is 11. The Kier molecular flexibility index (Phi) is 46.3. The molecule has 89 heavy (non-hydrogen) atoms. The van der Waals surface area contributed by atoms with Crippen molar-refractivity contribution in [1.29, 1.82) is 0 Å². The Morgan fingerprint density at radius 2 is 0.775 bits per heavy atom. The first-order valence-electron chi connectivity index (χ1n) is 34.3. The Labute approximate surface area is 533 Å². The lowest BCUT2D eigenvalue weighted by molar-refractivity contribution is -0.379. The minimum atomic E-state index is -1.98. The molecule has 3 aliphatic heterocycles. The molecule has 0 aromatic heterocycles. The summed E-state index contributed by atoms with van der Waals surface area (Å²) in [6, 6.07) is -0.987. The van der Waals surface area contributed by atoms with Crippen molar-refractivity contribution in [3.05, 3.63) is 85.1 Å². The van der Waals surface area contributed by atoms with Crippen LogP contribution in [-0.4, -0.2) is 193 Å². The van der Waals surface area contributed by atoms with E-state index >= 15 is 0 Å². The summed E-state index contributed by atoms with van der Waals surface area (Å²) >= 11 is 0. The summed E-state index contributed by atoms with van der Waals surface area (Å²) in [6.45, 7) is 1.60. The average molecular weight is 1260 g/mol. The smallest absolute Gasteiger partial charge is 0.220 e. The summed E-state index contributed by atoms with van der Waals surface area (Å²) in [5.74, 6) is -0.293. The standard InChI is InChI=1S/C70H121NO18/c1-3-5-7-9-11-13-15-17-19-21-23-24-25-26-27-28-30-32-34-36-38-40-42-44-46-48-58(76)71-53(54(75)47-45-43-41-39-37-35-33-31-29-22-20-18-16-14-12-10-8-6-4-2)52-84-68-64(82)61(79)66(56(50-73)86-68)89-70-65(83)62(80)67(57(51-74)87-70)88-69-63(81)60(78)59(77)55(49-72)85-69/h5,7,11,13,17,19,23-24,26-27,30,32,45,47,53-57,59-70,72-75,77-83H,3-4,6,8-10,12,14-16,18,20-22,25,28-29,31,33-44,46,48-52H2,1-2H3,(H,71,76)/b7-5-,13-11-,19-17-,24-23-,27-26-,32-30-,47-45+. The van der Waals surface area contributed by atoms with Gasteiger partial charge in [0.15, 0.2) is 18.9 Å². The van der Waals surface area contributed by atoms with Crippen LogP contribution in [0.3, 0.4) is 0 Å². The van der Waals surface area contributed by atoms with Crippen molar-refractivity contribution in [2.24, 2.45) is 0 Å². The van der Waals surface area contributed by atoms with Crippen molar-refractivity contribution >= 4 is 5.91 Å². The van der Waals surface area contributed by atoms with Gasteiger partial charge in [-0.2, -0.15) is 0 Å². The molecule has 12 N–H and O–H groups in total. The van der Waals surface area contributed by atoms with Gasteiger partial charge < -0.3 is 89.9 Å². The van der Waals surface area contributed by atoms with Gasteiger partial charge in [-0.1, -0.05) is 227 Å². The van der Waals surface area contributed by atoms with E-state index in [-0.39, 0.29) is 18.9 Å². The predicted molar refractivity (Wildman–Crippen MR) is 346 cm³/mol. The lowest BCUT2D eigenvalue weighted by atomic mass is 9.96. The molecule has 17 unspecified atom stereocenters. The largest absolute Gasteiger partial charge is 0.394 e. The number of nitrogens with one attached hydrogen (secondary N) is 1. The van der Waals surface area contributed by atoms with Crippen molar-refractivity contribution in [2.45, 2.75) is 324 Å². The normalized spacial score (nSPS) is 28.8. The summed E-state index contributed by atoms with van der Waals surface area (Å²) in [7, 11) is 0. The van der Waals surface area contributed by atoms with Gasteiger partial charge in [0.1, 0.15) is 73.2 Å². The number of ether oxygens (including phenoxy) is 6. The van der Waals surface area contributed by atoms with Crippen LogP contribution in [0.25, 0.3) is 0 Å². The molecule has 3 rings (SSSR count). The second kappa shape index (κ2) is 51.4. The minimum absolute atomic E-state index is 0.221. The number of hydrogen-bond donors (Lipinski definition) is 12. The highest BCUT2D eigenvalue weighted by molar-refractivity contribution is 5.76. The van der Waals surface area contributed by atoms with Crippen LogP contribution in [0, 0.1) is 0 Å². The molecule has 3 aliphatic rings. The van der Waals surface area contributed by atoms with Crippen LogP contribution in [0.1, 0.15) is 219 Å². The molecule has 514 valence electrons. The van der Waals surface area contributed by atoms with E-state index in [1.54, 1.807) is 6.08 Å². The minimum Gasteiger partial charge on any atom is -0.394 e. The van der Waals surface area contributed by atoms with Crippen molar-refractivity contribution in [3.8, 4) is 0 Å². The van der Waals surface area contributed by atoms with Crippen molar-refractivity contribution < 1.29 is 89.4 Å². The highest BCUT2D eigenvalue weighted by Gasteiger charge is 2.53. The Morgan fingerprint density at radius 1 is 0.416 bits per heavy atom. The first-order valence-corrected chi connectivity index (χ1v) is 34.3. The zero-order valence-electron chi connectivity index (χ0n) is 54.1. The van der Waals surface area contributed by atoms with Crippen LogP contribution >= 0.6 is 0 Å². The highest BCUT2D eigenvalue weighted by atomic mass is 16.8. The fourth-order valence-electron chi connectivity index (χ4n) is 11.1. The number of allylic oxidation sites excluding steroid dienone is 13. The molecule has 0 bridgehead atoms. The van der Waals surface area contributed by atoms with Gasteiger partial charge in [0.25, 0.3) is 0 Å². The summed E-state index contributed by atoms with van der Waals surface area (Å²) in [4.78, 5) is 13.4. The molecule has 0 radical (unpaired) electrons. The summed E-state index contributed by atoms with van der Waals surface area (Å²) < 4.78 is 34.3. The van der Waals surface area contributed by atoms with E-state index in [4.69, 9.17) is 28.4 Å². The number of amides is 1. The van der Waals surface area contributed by atoms with E-state index in [9.17, 15) is 61.0 Å². The number of unbranched alkanes of at least 4 members (excludes halogenated alkanes) is 23. The Hall–Kier alpha value is -3.03. The lowest BCUT2D eigenvalue weighted by Crippen LogP contribution is -2.66. The van der Waals surface area contributed by atoms with Gasteiger partial charge in [-0.15, -0.1) is 0 Å². The van der Waals surface area contributed by atoms with Gasteiger partial charge in [-0.3, -0.25) is 4.79 Å². The van der Waals surface area contributed by atoms with E-state index in [2.05, 4.69) is 92.1 Å². The van der Waals surface area contributed by atoms with Crippen molar-refractivity contribution in [3.63, 3.8) is 0 Å². The third-order valence-electron chi connectivity index (χ3n) is 16.7. The lowest BCUT2D eigenvalue weighted by Gasteiger charge is -2.48. The van der Waals surface area contributed by atoms with Crippen LogP contribution in [-0.2, 0) is 33.2 Å². The Bertz CT molecular complexity index is 1940. The van der Waals surface area contributed by atoms with E-state index < -0.39 is 124 Å². The average Bonchev–Trinajstić information content (AvgIpc) is 2.44. The van der Waals surface area contributed by atoms with E-state index in [0.717, 1.165) is 103 Å². The number of carbonyl (C=O) groups excluding carboxylic acids is 1. The van der Waals surface area contributed by atoms with Gasteiger partial charge in [0.2, 0.25) is 5.91 Å². The maximum atomic E-state index is 13.4. The molecule has 19 heteroatoms. The summed E-state index contributed by atoms with van der Waals surface area (Å²) in [6.07, 6.45) is 38.3. The van der Waals surface area contributed by atoms with Crippen LogP contribution < -0.4 is 5.32 Å². The summed E-state index contributed by atoms with van der Waals surface area (Å²) in [5, 5.41) is 120. The third-order valence-corrected chi connectivity index (χ3v) is 16.7. The number of aliphatic hydroxyl groups excluding tert-OH is 11. The second-order valence-electron chi connectivity index (χ2n) is 24.3. The fraction of sp³-hybridized carbons (Fsp3) is 0.786. The molecule has 1 amide bonds. The molecule has 19 nitrogen and oxygen atoms in total. The predicted octanol–water partition coefficient (Wildman–Crippen LogP) is 8.71. The molecule has 0 saturated carbocycles. The molecular weight excluding hydrogens is 1140 g/mol. The molecule has 0 aromatic rings. The van der Waals surface area contributed by atoms with Gasteiger partial charge in [-0.05, 0) is 70.6 Å². The molecular formula is C70H121NO18. The van der Waals surface area contributed by atoms with Gasteiger partial charge in [0, 0.05) is 6.42 Å². The fourth-order valence-corrected chi connectivity index (χ4v) is 11.1. The molecule has 0 spiro atoms. The maximum Gasteiger partial charge on any atom is 0.220 e. The molecule has 0 aliphatic carbocycles. The second-order valence-corrected chi connectivity index (χ2v) is 24.3. The van der Waals surface area contributed by atoms with Gasteiger partial charge >= 0.3 is 0 Å². The Balaban J connectivity index is 1.46.